The van der Waals surface area contributed by atoms with Crippen LogP contribution in [0.2, 0.25) is 0 Å². The first-order chi connectivity index (χ1) is 12.7. The summed E-state index contributed by atoms with van der Waals surface area (Å²) in [7, 11) is 0. The molecule has 0 unspecified atom stereocenters. The van der Waals surface area contributed by atoms with Gasteiger partial charge in [0.25, 0.3) is 5.91 Å². The molecule has 1 aromatic carbocycles. The number of anilines is 1. The van der Waals surface area contributed by atoms with Gasteiger partial charge in [0, 0.05) is 17.0 Å². The maximum absolute atomic E-state index is 12.1. The number of alkyl halides is 3. The predicted octanol–water partition coefficient (Wildman–Crippen LogP) is 4.54. The Bertz CT molecular complexity index is 745. The number of esters is 1. The molecule has 5 nitrogen and oxygen atoms in total. The number of rotatable bonds is 8. The fraction of sp³-hybridized carbons (Fsp3) is 0.333. The Hall–Kier alpha value is -2.55. The molecule has 0 bridgehead atoms. The van der Waals surface area contributed by atoms with E-state index in [1.54, 1.807) is 11.3 Å². The van der Waals surface area contributed by atoms with Gasteiger partial charge >= 0.3 is 12.3 Å². The van der Waals surface area contributed by atoms with Gasteiger partial charge in [-0.25, -0.2) is 0 Å². The van der Waals surface area contributed by atoms with Crippen LogP contribution in [0.5, 0.6) is 5.75 Å². The van der Waals surface area contributed by atoms with Gasteiger partial charge in [-0.3, -0.25) is 9.59 Å². The molecule has 1 heterocycles. The number of carbonyl (C=O) groups is 2. The normalized spacial score (nSPS) is 12.3. The summed E-state index contributed by atoms with van der Waals surface area (Å²) >= 11 is 1.61. The molecule has 2 aromatic rings. The summed E-state index contributed by atoms with van der Waals surface area (Å²) < 4.78 is 45.1. The lowest BCUT2D eigenvalue weighted by Gasteiger charge is -2.14. The molecular formula is C18H18F3NO4S. The first-order valence-electron chi connectivity index (χ1n) is 8.11. The number of ether oxygens (including phenoxy) is 2. The molecule has 27 heavy (non-hydrogen) atoms. The maximum atomic E-state index is 12.1. The number of hydrogen-bond donors (Lipinski definition) is 1. The minimum absolute atomic E-state index is 0.193. The second-order valence-electron chi connectivity index (χ2n) is 5.63. The molecule has 0 saturated heterocycles. The van der Waals surface area contributed by atoms with Crippen molar-refractivity contribution in [1.29, 1.82) is 0 Å². The zero-order valence-electron chi connectivity index (χ0n) is 14.4. The first-order valence-corrected chi connectivity index (χ1v) is 8.99. The van der Waals surface area contributed by atoms with Gasteiger partial charge < -0.3 is 14.8 Å². The number of aryl methyl sites for hydroxylation is 1. The number of amides is 1. The Balaban J connectivity index is 1.74. The monoisotopic (exact) mass is 401 g/mol. The van der Waals surface area contributed by atoms with Crippen molar-refractivity contribution in [1.82, 2.24) is 0 Å². The lowest BCUT2D eigenvalue weighted by Crippen LogP contribution is -2.29. The Morgan fingerprint density at radius 3 is 2.48 bits per heavy atom. The third kappa shape index (κ3) is 7.69. The highest BCUT2D eigenvalue weighted by atomic mass is 32.1. The molecule has 1 N–H and O–H groups in total. The second-order valence-corrected chi connectivity index (χ2v) is 6.66. The summed E-state index contributed by atoms with van der Waals surface area (Å²) in [5.74, 6) is -1.46. The average molecular weight is 401 g/mol. The Kier molecular flexibility index (Phi) is 7.23. The van der Waals surface area contributed by atoms with Crippen LogP contribution in [0.15, 0.2) is 41.8 Å². The van der Waals surface area contributed by atoms with Gasteiger partial charge in [0.1, 0.15) is 5.75 Å². The van der Waals surface area contributed by atoms with Crippen molar-refractivity contribution < 1.29 is 32.2 Å². The van der Waals surface area contributed by atoms with Gasteiger partial charge in [0.2, 0.25) is 0 Å². The van der Waals surface area contributed by atoms with E-state index in [-0.39, 0.29) is 12.1 Å². The number of hydrogen-bond acceptors (Lipinski definition) is 5. The van der Waals surface area contributed by atoms with Gasteiger partial charge in [-0.1, -0.05) is 6.07 Å². The Morgan fingerprint density at radius 1 is 1.19 bits per heavy atom. The summed E-state index contributed by atoms with van der Waals surface area (Å²) in [6.45, 7) is 1.42. The maximum Gasteiger partial charge on any atom is 0.573 e. The third-order valence-electron chi connectivity index (χ3n) is 3.42. The topological polar surface area (TPSA) is 64.6 Å². The van der Waals surface area contributed by atoms with E-state index >= 15 is 0 Å². The van der Waals surface area contributed by atoms with Crippen molar-refractivity contribution in [3.8, 4) is 5.75 Å². The van der Waals surface area contributed by atoms with E-state index in [0.717, 1.165) is 18.6 Å². The average Bonchev–Trinajstić information content (AvgIpc) is 3.08. The van der Waals surface area contributed by atoms with Gasteiger partial charge in [0.05, 0.1) is 0 Å². The molecule has 0 fully saturated rings. The van der Waals surface area contributed by atoms with Crippen LogP contribution in [0.3, 0.4) is 0 Å². The fourth-order valence-electron chi connectivity index (χ4n) is 2.16. The summed E-state index contributed by atoms with van der Waals surface area (Å²) in [6.07, 6.45) is -4.23. The molecule has 0 saturated carbocycles. The number of nitrogens with one attached hydrogen (secondary N) is 1. The largest absolute Gasteiger partial charge is 0.573 e. The molecule has 2 rings (SSSR count). The summed E-state index contributed by atoms with van der Waals surface area (Å²) in [4.78, 5) is 25.0. The van der Waals surface area contributed by atoms with E-state index in [1.165, 1.54) is 23.9 Å². The molecule has 0 radical (unpaired) electrons. The number of thiophene rings is 1. The number of carbonyl (C=O) groups excluding carboxylic acids is 2. The molecule has 0 aliphatic carbocycles. The molecule has 0 aliphatic rings. The van der Waals surface area contributed by atoms with Crippen LogP contribution in [0.1, 0.15) is 24.6 Å². The lowest BCUT2D eigenvalue weighted by molar-refractivity contribution is -0.274. The standard InChI is InChI=1S/C18H18F3NO4S/c1-12(25-16(23)6-2-4-15-5-3-11-27-15)17(24)22-13-7-9-14(10-8-13)26-18(19,20)21/h3,5,7-12H,2,4,6H2,1H3,(H,22,24)/t12-/m0/s1. The van der Waals surface area contributed by atoms with E-state index in [2.05, 4.69) is 10.1 Å². The molecule has 0 aliphatic heterocycles. The molecule has 1 aromatic heterocycles. The minimum Gasteiger partial charge on any atom is -0.453 e. The van der Waals surface area contributed by atoms with Gasteiger partial charge in [-0.2, -0.15) is 0 Å². The highest BCUT2D eigenvalue weighted by molar-refractivity contribution is 7.09. The van der Waals surface area contributed by atoms with Crippen molar-refractivity contribution in [3.63, 3.8) is 0 Å². The van der Waals surface area contributed by atoms with E-state index in [0.29, 0.717) is 6.42 Å². The molecular weight excluding hydrogens is 383 g/mol. The van der Waals surface area contributed by atoms with Crippen molar-refractivity contribution in [2.45, 2.75) is 38.7 Å². The third-order valence-corrected chi connectivity index (χ3v) is 4.35. The van der Waals surface area contributed by atoms with Crippen LogP contribution in [-0.4, -0.2) is 24.3 Å². The summed E-state index contributed by atoms with van der Waals surface area (Å²) in [5.41, 5.74) is 0.259. The molecule has 9 heteroatoms. The SMILES string of the molecule is C[C@H](OC(=O)CCCc1cccs1)C(=O)Nc1ccc(OC(F)(F)F)cc1. The molecule has 1 atom stereocenters. The smallest absolute Gasteiger partial charge is 0.453 e. The Labute approximate surface area is 158 Å². The molecule has 0 spiro atoms. The van der Waals surface area contributed by atoms with Crippen LogP contribution in [0.25, 0.3) is 0 Å². The van der Waals surface area contributed by atoms with Crippen molar-refractivity contribution in [2.24, 2.45) is 0 Å². The zero-order valence-corrected chi connectivity index (χ0v) is 15.2. The zero-order chi connectivity index (χ0) is 19.9. The molecule has 146 valence electrons. The van der Waals surface area contributed by atoms with Gasteiger partial charge in [-0.05, 0) is 55.5 Å². The quantitative estimate of drug-likeness (QED) is 0.660. The van der Waals surface area contributed by atoms with E-state index < -0.39 is 30.1 Å². The second kappa shape index (κ2) is 9.40. The minimum atomic E-state index is -4.78. The van der Waals surface area contributed by atoms with Gasteiger partial charge in [-0.15, -0.1) is 24.5 Å². The van der Waals surface area contributed by atoms with Crippen LogP contribution in [0, 0.1) is 0 Å². The van der Waals surface area contributed by atoms with Crippen LogP contribution in [0.4, 0.5) is 18.9 Å². The summed E-state index contributed by atoms with van der Waals surface area (Å²) in [6, 6.07) is 8.58. The fourth-order valence-corrected chi connectivity index (χ4v) is 2.91. The van der Waals surface area contributed by atoms with E-state index in [9.17, 15) is 22.8 Å². The van der Waals surface area contributed by atoms with Crippen LogP contribution >= 0.6 is 11.3 Å². The van der Waals surface area contributed by atoms with Crippen molar-refractivity contribution in [2.75, 3.05) is 5.32 Å². The van der Waals surface area contributed by atoms with Crippen LogP contribution < -0.4 is 10.1 Å². The highest BCUT2D eigenvalue weighted by Gasteiger charge is 2.31. The molecule has 1 amide bonds. The lowest BCUT2D eigenvalue weighted by atomic mass is 10.2. The van der Waals surface area contributed by atoms with E-state index in [4.69, 9.17) is 4.74 Å². The highest BCUT2D eigenvalue weighted by Crippen LogP contribution is 2.24. The Morgan fingerprint density at radius 2 is 1.89 bits per heavy atom. The van der Waals surface area contributed by atoms with Gasteiger partial charge in [0.15, 0.2) is 6.10 Å². The van der Waals surface area contributed by atoms with E-state index in [1.807, 2.05) is 17.5 Å². The van der Waals surface area contributed by atoms with Crippen molar-refractivity contribution in [3.05, 3.63) is 46.7 Å². The van der Waals surface area contributed by atoms with Crippen molar-refractivity contribution >= 4 is 28.9 Å². The number of halogens is 3. The first kappa shape index (κ1) is 20.8. The number of benzene rings is 1. The van der Waals surface area contributed by atoms with Crippen LogP contribution in [-0.2, 0) is 20.7 Å². The summed E-state index contributed by atoms with van der Waals surface area (Å²) in [5, 5.41) is 4.42. The predicted molar refractivity (Wildman–Crippen MR) is 94.6 cm³/mol.